The number of piperidine rings is 1. The molecule has 0 saturated carbocycles. The predicted octanol–water partition coefficient (Wildman–Crippen LogP) is 3.88. The van der Waals surface area contributed by atoms with Crippen molar-refractivity contribution in [2.24, 2.45) is 5.92 Å². The highest BCUT2D eigenvalue weighted by Crippen LogP contribution is 2.22. The van der Waals surface area contributed by atoms with E-state index >= 15 is 0 Å². The van der Waals surface area contributed by atoms with Crippen molar-refractivity contribution in [2.75, 3.05) is 20.2 Å². The number of hydrogen-bond acceptors (Lipinski definition) is 3. The summed E-state index contributed by atoms with van der Waals surface area (Å²) >= 11 is 0. The van der Waals surface area contributed by atoms with Crippen LogP contribution in [0.5, 0.6) is 5.75 Å². The lowest BCUT2D eigenvalue weighted by Crippen LogP contribution is -2.41. The van der Waals surface area contributed by atoms with E-state index in [1.165, 1.54) is 5.56 Å². The lowest BCUT2D eigenvalue weighted by Gasteiger charge is -2.33. The molecule has 0 unspecified atom stereocenters. The number of rotatable bonds is 8. The average molecular weight is 409 g/mol. The first-order valence-electron chi connectivity index (χ1n) is 10.8. The maximum absolute atomic E-state index is 12.7. The topological polar surface area (TPSA) is 58.6 Å². The van der Waals surface area contributed by atoms with E-state index in [0.717, 1.165) is 49.2 Å². The maximum Gasteiger partial charge on any atom is 0.226 e. The van der Waals surface area contributed by atoms with Crippen LogP contribution >= 0.6 is 0 Å². The molecule has 3 rings (SSSR count). The van der Waals surface area contributed by atoms with Crippen LogP contribution in [-0.4, -0.2) is 36.9 Å². The third-order valence-electron chi connectivity index (χ3n) is 5.71. The van der Waals surface area contributed by atoms with Crippen molar-refractivity contribution in [3.8, 4) is 5.75 Å². The van der Waals surface area contributed by atoms with Crippen LogP contribution in [0.2, 0.25) is 0 Å². The van der Waals surface area contributed by atoms with Crippen LogP contribution in [0.15, 0.2) is 48.5 Å². The van der Waals surface area contributed by atoms with E-state index in [-0.39, 0.29) is 11.8 Å². The average Bonchev–Trinajstić information content (AvgIpc) is 2.76. The minimum absolute atomic E-state index is 0.0565. The molecule has 1 N–H and O–H groups in total. The molecule has 0 aromatic heterocycles. The van der Waals surface area contributed by atoms with Gasteiger partial charge in [-0.25, -0.2) is 0 Å². The summed E-state index contributed by atoms with van der Waals surface area (Å²) < 4.78 is 5.22. The molecule has 1 aliphatic rings. The van der Waals surface area contributed by atoms with Gasteiger partial charge in [-0.2, -0.15) is 0 Å². The number of carbonyl (C=O) groups excluding carboxylic acids is 2. The maximum atomic E-state index is 12.7. The van der Waals surface area contributed by atoms with E-state index in [1.807, 2.05) is 54.3 Å². The number of benzene rings is 2. The molecule has 1 fully saturated rings. The number of carbonyl (C=O) groups is 2. The fraction of sp³-hybridized carbons (Fsp3) is 0.440. The van der Waals surface area contributed by atoms with Crippen molar-refractivity contribution < 1.29 is 14.3 Å². The number of amides is 2. The third-order valence-corrected chi connectivity index (χ3v) is 5.71. The summed E-state index contributed by atoms with van der Waals surface area (Å²) in [6.07, 6.45) is 3.86. The van der Waals surface area contributed by atoms with Gasteiger partial charge in [0.05, 0.1) is 13.5 Å². The first-order chi connectivity index (χ1) is 14.5. The number of methoxy groups -OCH3 is 1. The molecule has 1 atom stereocenters. The minimum atomic E-state index is 0.0565. The van der Waals surface area contributed by atoms with Crippen LogP contribution in [0, 0.1) is 12.8 Å². The van der Waals surface area contributed by atoms with E-state index in [0.29, 0.717) is 25.3 Å². The first kappa shape index (κ1) is 21.9. The zero-order valence-electron chi connectivity index (χ0n) is 18.0. The van der Waals surface area contributed by atoms with Gasteiger partial charge < -0.3 is 15.0 Å². The number of ether oxygens (including phenoxy) is 1. The van der Waals surface area contributed by atoms with Crippen molar-refractivity contribution in [3.05, 3.63) is 65.2 Å². The van der Waals surface area contributed by atoms with Gasteiger partial charge in [0.2, 0.25) is 11.8 Å². The molecule has 0 spiro atoms. The summed E-state index contributed by atoms with van der Waals surface area (Å²) in [6.45, 7) is 4.13. The molecule has 0 aliphatic carbocycles. The van der Waals surface area contributed by atoms with Gasteiger partial charge >= 0.3 is 0 Å². The van der Waals surface area contributed by atoms with Gasteiger partial charge in [-0.15, -0.1) is 0 Å². The molecule has 160 valence electrons. The smallest absolute Gasteiger partial charge is 0.226 e. The molecule has 2 aromatic rings. The van der Waals surface area contributed by atoms with Crippen molar-refractivity contribution in [1.29, 1.82) is 0 Å². The van der Waals surface area contributed by atoms with Crippen LogP contribution in [-0.2, 0) is 22.6 Å². The molecule has 0 radical (unpaired) electrons. The minimum Gasteiger partial charge on any atom is -0.497 e. The lowest BCUT2D eigenvalue weighted by atomic mass is 9.92. The largest absolute Gasteiger partial charge is 0.497 e. The standard InChI is InChI=1S/C25H32N2O3/c1-19-6-3-7-21(14-19)16-25(29)27-13-5-9-20(18-27)11-12-24(28)26-17-22-8-4-10-23(15-22)30-2/h3-4,6-8,10,14-15,20H,5,9,11-13,16-18H2,1-2H3,(H,26,28)/t20-/m1/s1. The predicted molar refractivity (Wildman–Crippen MR) is 118 cm³/mol. The quantitative estimate of drug-likeness (QED) is 0.721. The molecule has 30 heavy (non-hydrogen) atoms. The fourth-order valence-corrected chi connectivity index (χ4v) is 4.04. The normalized spacial score (nSPS) is 16.2. The van der Waals surface area contributed by atoms with Crippen molar-refractivity contribution >= 4 is 11.8 Å². The molecule has 1 heterocycles. The van der Waals surface area contributed by atoms with Gasteiger partial charge in [-0.05, 0) is 55.4 Å². The van der Waals surface area contributed by atoms with Crippen LogP contribution in [0.4, 0.5) is 0 Å². The SMILES string of the molecule is COc1cccc(CNC(=O)CC[C@H]2CCCN(C(=O)Cc3cccc(C)c3)C2)c1. The van der Waals surface area contributed by atoms with Crippen LogP contribution < -0.4 is 10.1 Å². The Balaban J connectivity index is 1.41. The van der Waals surface area contributed by atoms with E-state index in [4.69, 9.17) is 4.74 Å². The molecular weight excluding hydrogens is 376 g/mol. The number of nitrogens with zero attached hydrogens (tertiary/aromatic N) is 1. The molecule has 5 heteroatoms. The van der Waals surface area contributed by atoms with Crippen molar-refractivity contribution in [2.45, 2.75) is 45.6 Å². The highest BCUT2D eigenvalue weighted by atomic mass is 16.5. The number of likely N-dealkylation sites (tertiary alicyclic amines) is 1. The second-order valence-electron chi connectivity index (χ2n) is 8.18. The van der Waals surface area contributed by atoms with Gasteiger partial charge in [0.15, 0.2) is 0 Å². The summed E-state index contributed by atoms with van der Waals surface area (Å²) in [6, 6.07) is 15.8. The highest BCUT2D eigenvalue weighted by Gasteiger charge is 2.24. The fourth-order valence-electron chi connectivity index (χ4n) is 4.04. The summed E-state index contributed by atoms with van der Waals surface area (Å²) in [7, 11) is 1.64. The molecule has 1 saturated heterocycles. The summed E-state index contributed by atoms with van der Waals surface area (Å²) in [5.74, 6) is 1.43. The second kappa shape index (κ2) is 10.8. The molecular formula is C25H32N2O3. The van der Waals surface area contributed by atoms with Crippen LogP contribution in [0.25, 0.3) is 0 Å². The van der Waals surface area contributed by atoms with Gasteiger partial charge in [0.1, 0.15) is 5.75 Å². The van der Waals surface area contributed by atoms with E-state index in [1.54, 1.807) is 7.11 Å². The van der Waals surface area contributed by atoms with E-state index in [2.05, 4.69) is 11.4 Å². The third kappa shape index (κ3) is 6.61. The monoisotopic (exact) mass is 408 g/mol. The Morgan fingerprint density at radius 2 is 1.93 bits per heavy atom. The summed E-state index contributed by atoms with van der Waals surface area (Å²) in [5.41, 5.74) is 3.27. The van der Waals surface area contributed by atoms with Gasteiger partial charge in [0, 0.05) is 26.1 Å². The van der Waals surface area contributed by atoms with Crippen molar-refractivity contribution in [3.63, 3.8) is 0 Å². The Hall–Kier alpha value is -2.82. The zero-order chi connectivity index (χ0) is 21.3. The number of hydrogen-bond donors (Lipinski definition) is 1. The number of nitrogens with one attached hydrogen (secondary N) is 1. The lowest BCUT2D eigenvalue weighted by molar-refractivity contribution is -0.132. The molecule has 2 amide bonds. The molecule has 2 aromatic carbocycles. The molecule has 1 aliphatic heterocycles. The van der Waals surface area contributed by atoms with Crippen LogP contribution in [0.3, 0.4) is 0 Å². The highest BCUT2D eigenvalue weighted by molar-refractivity contribution is 5.79. The Labute approximate surface area is 179 Å². The van der Waals surface area contributed by atoms with Crippen LogP contribution in [0.1, 0.15) is 42.4 Å². The Kier molecular flexibility index (Phi) is 7.89. The Morgan fingerprint density at radius 1 is 1.13 bits per heavy atom. The number of aryl methyl sites for hydroxylation is 1. The summed E-state index contributed by atoms with van der Waals surface area (Å²) in [4.78, 5) is 27.0. The zero-order valence-corrected chi connectivity index (χ0v) is 18.0. The Bertz CT molecular complexity index is 865. The Morgan fingerprint density at radius 3 is 2.73 bits per heavy atom. The van der Waals surface area contributed by atoms with Gasteiger partial charge in [0.25, 0.3) is 0 Å². The van der Waals surface area contributed by atoms with E-state index < -0.39 is 0 Å². The summed E-state index contributed by atoms with van der Waals surface area (Å²) in [5, 5.41) is 2.99. The molecule has 5 nitrogen and oxygen atoms in total. The van der Waals surface area contributed by atoms with E-state index in [9.17, 15) is 9.59 Å². The second-order valence-corrected chi connectivity index (χ2v) is 8.18. The van der Waals surface area contributed by atoms with Gasteiger partial charge in [-0.1, -0.05) is 42.0 Å². The molecule has 0 bridgehead atoms. The van der Waals surface area contributed by atoms with Crippen molar-refractivity contribution in [1.82, 2.24) is 10.2 Å². The first-order valence-corrected chi connectivity index (χ1v) is 10.8. The van der Waals surface area contributed by atoms with Gasteiger partial charge in [-0.3, -0.25) is 9.59 Å².